The van der Waals surface area contributed by atoms with Crippen LogP contribution in [0.3, 0.4) is 0 Å². The van der Waals surface area contributed by atoms with E-state index < -0.39 is 12.3 Å². The molecular weight excluding hydrogens is 436 g/mol. The Kier molecular flexibility index (Phi) is 8.51. The summed E-state index contributed by atoms with van der Waals surface area (Å²) in [4.78, 5) is 22.6. The number of ether oxygens (including phenoxy) is 2. The molecule has 0 bridgehead atoms. The summed E-state index contributed by atoms with van der Waals surface area (Å²) in [6.45, 7) is 4.73. The number of likely N-dealkylation sites (tertiary alicyclic amines) is 1. The van der Waals surface area contributed by atoms with E-state index in [4.69, 9.17) is 20.9 Å². The van der Waals surface area contributed by atoms with Gasteiger partial charge in [0.15, 0.2) is 17.9 Å². The fourth-order valence-corrected chi connectivity index (χ4v) is 3.59. The molecule has 3 rings (SSSR count). The lowest BCUT2D eigenvalue weighted by atomic mass is 9.94. The van der Waals surface area contributed by atoms with Crippen LogP contribution in [0.25, 0.3) is 0 Å². The number of amides is 1. The van der Waals surface area contributed by atoms with Gasteiger partial charge in [-0.05, 0) is 50.2 Å². The number of para-hydroxylation sites is 1. The van der Waals surface area contributed by atoms with E-state index in [0.717, 1.165) is 18.4 Å². The summed E-state index contributed by atoms with van der Waals surface area (Å²) in [5.41, 5.74) is 12.9. The molecule has 1 aliphatic rings. The van der Waals surface area contributed by atoms with E-state index >= 15 is 0 Å². The van der Waals surface area contributed by atoms with Gasteiger partial charge in [-0.15, -0.1) is 0 Å². The average molecular weight is 469 g/mol. The lowest BCUT2D eigenvalue weighted by Crippen LogP contribution is -2.40. The van der Waals surface area contributed by atoms with Crippen LogP contribution in [0.2, 0.25) is 0 Å². The lowest BCUT2D eigenvalue weighted by molar-refractivity contribution is 0.0155. The zero-order valence-corrected chi connectivity index (χ0v) is 19.7. The van der Waals surface area contributed by atoms with Crippen molar-refractivity contribution in [2.24, 2.45) is 5.92 Å². The van der Waals surface area contributed by atoms with Gasteiger partial charge in [0, 0.05) is 26.6 Å². The van der Waals surface area contributed by atoms with Gasteiger partial charge in [0.1, 0.15) is 11.4 Å². The van der Waals surface area contributed by atoms with E-state index in [1.807, 2.05) is 25.1 Å². The van der Waals surface area contributed by atoms with Crippen molar-refractivity contribution in [1.82, 2.24) is 14.9 Å². The molecule has 1 unspecified atom stereocenters. The predicted molar refractivity (Wildman–Crippen MR) is 130 cm³/mol. The molecule has 34 heavy (non-hydrogen) atoms. The van der Waals surface area contributed by atoms with Crippen LogP contribution < -0.4 is 21.5 Å². The van der Waals surface area contributed by atoms with Crippen molar-refractivity contribution >= 4 is 23.4 Å². The van der Waals surface area contributed by atoms with Gasteiger partial charge in [-0.3, -0.25) is 0 Å². The second-order valence-corrected chi connectivity index (χ2v) is 8.31. The molecule has 0 aliphatic carbocycles. The van der Waals surface area contributed by atoms with Crippen LogP contribution in [0.1, 0.15) is 37.6 Å². The van der Waals surface area contributed by atoms with Crippen LogP contribution in [-0.4, -0.2) is 58.6 Å². The SMILES string of the molecule is CO[C@@H](Nc1nc(C#CCC2CCN(C(=O)Oc3ccccc3C)CC2)nc(N)c1N)C(C)O. The fourth-order valence-electron chi connectivity index (χ4n) is 3.59. The third-order valence-corrected chi connectivity index (χ3v) is 5.70. The number of methoxy groups -OCH3 is 1. The van der Waals surface area contributed by atoms with Gasteiger partial charge in [0.25, 0.3) is 0 Å². The van der Waals surface area contributed by atoms with E-state index in [0.29, 0.717) is 31.2 Å². The third-order valence-electron chi connectivity index (χ3n) is 5.70. The minimum atomic E-state index is -0.796. The number of nitrogens with one attached hydrogen (secondary N) is 1. The predicted octanol–water partition coefficient (Wildman–Crippen LogP) is 2.37. The summed E-state index contributed by atoms with van der Waals surface area (Å²) in [6, 6.07) is 7.46. The van der Waals surface area contributed by atoms with Crippen molar-refractivity contribution in [3.05, 3.63) is 35.7 Å². The Hall–Kier alpha value is -3.55. The van der Waals surface area contributed by atoms with Gasteiger partial charge in [-0.2, -0.15) is 0 Å². The molecule has 0 spiro atoms. The molecule has 6 N–H and O–H groups in total. The smallest absolute Gasteiger partial charge is 0.410 e. The highest BCUT2D eigenvalue weighted by Crippen LogP contribution is 2.24. The van der Waals surface area contributed by atoms with E-state index in [9.17, 15) is 9.90 Å². The number of nitrogens with two attached hydrogens (primary N) is 2. The number of aryl methyl sites for hydroxylation is 1. The van der Waals surface area contributed by atoms with Crippen molar-refractivity contribution in [3.63, 3.8) is 0 Å². The standard InChI is InChI=1S/C24H32N6O4/c1-15-7-4-5-9-18(15)34-24(32)30-13-11-17(12-14-30)8-6-10-19-27-21(26)20(25)22(28-19)29-23(33-3)16(2)31/h4-5,7,9,16-17,23,31H,8,11-14,25H2,1-3H3,(H3,26,27,28,29)/t16?,23-/m1/s1. The minimum Gasteiger partial charge on any atom is -0.410 e. The van der Waals surface area contributed by atoms with Gasteiger partial charge in [-0.1, -0.05) is 24.1 Å². The number of carbonyl (C=O) groups excluding carboxylic acids is 1. The van der Waals surface area contributed by atoms with Crippen LogP contribution in [-0.2, 0) is 4.74 Å². The molecule has 2 heterocycles. The fraction of sp³-hybridized carbons (Fsp3) is 0.458. The number of aliphatic hydroxyl groups is 1. The molecule has 10 heteroatoms. The van der Waals surface area contributed by atoms with Crippen LogP contribution in [0, 0.1) is 24.7 Å². The second kappa shape index (κ2) is 11.5. The lowest BCUT2D eigenvalue weighted by Gasteiger charge is -2.30. The van der Waals surface area contributed by atoms with Gasteiger partial charge >= 0.3 is 6.09 Å². The topological polar surface area (TPSA) is 149 Å². The number of carbonyl (C=O) groups is 1. The maximum Gasteiger partial charge on any atom is 0.415 e. The Morgan fingerprint density at radius 1 is 1.29 bits per heavy atom. The van der Waals surface area contributed by atoms with Gasteiger partial charge in [0.05, 0.1) is 6.10 Å². The van der Waals surface area contributed by atoms with Crippen molar-refractivity contribution in [1.29, 1.82) is 0 Å². The van der Waals surface area contributed by atoms with E-state index in [2.05, 4.69) is 27.1 Å². The number of nitrogens with zero attached hydrogens (tertiary/aromatic N) is 3. The first-order valence-corrected chi connectivity index (χ1v) is 11.2. The van der Waals surface area contributed by atoms with E-state index in [1.54, 1.807) is 17.9 Å². The van der Waals surface area contributed by atoms with Crippen molar-refractivity contribution in [2.75, 3.05) is 37.0 Å². The highest BCUT2D eigenvalue weighted by molar-refractivity contribution is 5.73. The molecule has 182 valence electrons. The molecule has 0 saturated carbocycles. The number of benzene rings is 1. The molecule has 2 atom stereocenters. The minimum absolute atomic E-state index is 0.0997. The van der Waals surface area contributed by atoms with Crippen LogP contribution in [0.4, 0.5) is 22.1 Å². The number of anilines is 3. The van der Waals surface area contributed by atoms with Crippen LogP contribution >= 0.6 is 0 Å². The Morgan fingerprint density at radius 2 is 2.00 bits per heavy atom. The molecule has 1 amide bonds. The first-order valence-electron chi connectivity index (χ1n) is 11.2. The van der Waals surface area contributed by atoms with Crippen molar-refractivity contribution in [3.8, 4) is 17.6 Å². The number of aliphatic hydroxyl groups excluding tert-OH is 1. The molecule has 0 radical (unpaired) electrons. The average Bonchev–Trinajstić information content (AvgIpc) is 2.82. The number of aromatic nitrogens is 2. The summed E-state index contributed by atoms with van der Waals surface area (Å²) in [5, 5.41) is 12.7. The molecule has 1 fully saturated rings. The quantitative estimate of drug-likeness (QED) is 0.370. The third kappa shape index (κ3) is 6.50. The molecule has 1 aromatic heterocycles. The van der Waals surface area contributed by atoms with Gasteiger partial charge in [0.2, 0.25) is 5.82 Å². The summed E-state index contributed by atoms with van der Waals surface area (Å²) >= 11 is 0. The van der Waals surface area contributed by atoms with Gasteiger partial charge < -0.3 is 36.3 Å². The van der Waals surface area contributed by atoms with Crippen LogP contribution in [0.15, 0.2) is 24.3 Å². The number of piperidine rings is 1. The molecule has 2 aromatic rings. The number of hydrogen-bond acceptors (Lipinski definition) is 9. The Labute approximate surface area is 199 Å². The van der Waals surface area contributed by atoms with Crippen molar-refractivity contribution in [2.45, 2.75) is 45.4 Å². The van der Waals surface area contributed by atoms with Crippen LogP contribution in [0.5, 0.6) is 5.75 Å². The van der Waals surface area contributed by atoms with E-state index in [1.165, 1.54) is 7.11 Å². The number of rotatable bonds is 6. The summed E-state index contributed by atoms with van der Waals surface area (Å²) in [7, 11) is 1.46. The van der Waals surface area contributed by atoms with E-state index in [-0.39, 0.29) is 29.2 Å². The zero-order valence-electron chi connectivity index (χ0n) is 19.7. The highest BCUT2D eigenvalue weighted by atomic mass is 16.6. The Balaban J connectivity index is 1.54. The molecular formula is C24H32N6O4. The number of nitrogen functional groups attached to an aromatic ring is 2. The first kappa shape index (κ1) is 25.1. The molecule has 1 saturated heterocycles. The molecule has 1 aromatic carbocycles. The summed E-state index contributed by atoms with van der Waals surface area (Å²) in [6.07, 6.45) is 0.481. The Morgan fingerprint density at radius 3 is 2.65 bits per heavy atom. The highest BCUT2D eigenvalue weighted by Gasteiger charge is 2.24. The largest absolute Gasteiger partial charge is 0.415 e. The monoisotopic (exact) mass is 468 g/mol. The zero-order chi connectivity index (χ0) is 24.7. The first-order chi connectivity index (χ1) is 16.3. The Bertz CT molecular complexity index is 1060. The summed E-state index contributed by atoms with van der Waals surface area (Å²) in [5.74, 6) is 7.57. The number of hydrogen-bond donors (Lipinski definition) is 4. The molecule has 10 nitrogen and oxygen atoms in total. The molecule has 1 aliphatic heterocycles. The maximum atomic E-state index is 12.5. The maximum absolute atomic E-state index is 12.5. The summed E-state index contributed by atoms with van der Waals surface area (Å²) < 4.78 is 10.7. The second-order valence-electron chi connectivity index (χ2n) is 8.31. The normalized spacial score (nSPS) is 15.7. The van der Waals surface area contributed by atoms with Crippen molar-refractivity contribution < 1.29 is 19.4 Å². The van der Waals surface area contributed by atoms with Gasteiger partial charge in [-0.25, -0.2) is 14.8 Å².